The Morgan fingerprint density at radius 3 is 2.29 bits per heavy atom. The summed E-state index contributed by atoms with van der Waals surface area (Å²) in [5.74, 6) is 0.217. The molecule has 0 saturated heterocycles. The molecule has 0 aliphatic carbocycles. The maximum Gasteiger partial charge on any atom is 0.235 e. The number of benzene rings is 3. The number of carbonyl (C=O) groups excluding carboxylic acids is 1. The molecular formula is C22H16BrN3OS. The summed E-state index contributed by atoms with van der Waals surface area (Å²) in [7, 11) is 0. The van der Waals surface area contributed by atoms with Crippen LogP contribution in [0.25, 0.3) is 22.3 Å². The molecule has 0 fully saturated rings. The van der Waals surface area contributed by atoms with Crippen LogP contribution in [0.3, 0.4) is 0 Å². The van der Waals surface area contributed by atoms with Gasteiger partial charge in [-0.2, -0.15) is 0 Å². The van der Waals surface area contributed by atoms with Gasteiger partial charge in [-0.25, -0.2) is 9.97 Å². The zero-order chi connectivity index (χ0) is 19.5. The highest BCUT2D eigenvalue weighted by atomic mass is 79.9. The lowest BCUT2D eigenvalue weighted by atomic mass is 10.1. The minimum Gasteiger partial charge on any atom is -0.368 e. The van der Waals surface area contributed by atoms with Crippen molar-refractivity contribution in [2.45, 2.75) is 10.3 Å². The number of hydrogen-bond donors (Lipinski definition) is 1. The standard InChI is InChI=1S/C22H16BrN3OS/c23-16-12-10-15(11-13-16)21-25-18-9-5-4-8-17(18)22(26-21)28-19(20(24)27)14-6-2-1-3-7-14/h1-13,19H,(H2,24,27). The molecule has 4 aromatic rings. The number of primary amides is 1. The van der Waals surface area contributed by atoms with Gasteiger partial charge in [0.25, 0.3) is 0 Å². The molecule has 0 aliphatic rings. The van der Waals surface area contributed by atoms with Crippen molar-refractivity contribution in [2.75, 3.05) is 0 Å². The molecule has 4 nitrogen and oxygen atoms in total. The average molecular weight is 450 g/mol. The molecule has 28 heavy (non-hydrogen) atoms. The molecule has 1 amide bonds. The number of carbonyl (C=O) groups is 1. The molecule has 0 aliphatic heterocycles. The van der Waals surface area contributed by atoms with Gasteiger partial charge in [0.05, 0.1) is 5.52 Å². The SMILES string of the molecule is NC(=O)C(Sc1nc(-c2ccc(Br)cc2)nc2ccccc12)c1ccccc1. The molecule has 1 atom stereocenters. The minimum absolute atomic E-state index is 0.399. The fourth-order valence-corrected chi connectivity index (χ4v) is 4.23. The third-order valence-corrected chi connectivity index (χ3v) is 6.06. The van der Waals surface area contributed by atoms with Gasteiger partial charge in [0, 0.05) is 15.4 Å². The molecule has 4 rings (SSSR count). The molecule has 1 heterocycles. The fourth-order valence-electron chi connectivity index (χ4n) is 2.90. The van der Waals surface area contributed by atoms with Gasteiger partial charge in [0.1, 0.15) is 10.3 Å². The third kappa shape index (κ3) is 3.93. The van der Waals surface area contributed by atoms with Crippen LogP contribution in [0, 0.1) is 0 Å². The number of halogens is 1. The zero-order valence-corrected chi connectivity index (χ0v) is 17.2. The summed E-state index contributed by atoms with van der Waals surface area (Å²) in [6.45, 7) is 0. The molecule has 0 bridgehead atoms. The van der Waals surface area contributed by atoms with Gasteiger partial charge in [-0.05, 0) is 23.8 Å². The predicted octanol–water partition coefficient (Wildman–Crippen LogP) is 5.38. The van der Waals surface area contributed by atoms with Gasteiger partial charge >= 0.3 is 0 Å². The summed E-state index contributed by atoms with van der Waals surface area (Å²) in [6.07, 6.45) is 0. The smallest absolute Gasteiger partial charge is 0.235 e. The van der Waals surface area contributed by atoms with Gasteiger partial charge in [-0.15, -0.1) is 0 Å². The Morgan fingerprint density at radius 1 is 0.893 bits per heavy atom. The van der Waals surface area contributed by atoms with Gasteiger partial charge in [0.2, 0.25) is 5.91 Å². The highest BCUT2D eigenvalue weighted by molar-refractivity contribution is 9.10. The Bertz CT molecular complexity index is 1130. The van der Waals surface area contributed by atoms with Crippen LogP contribution in [-0.2, 0) is 4.79 Å². The number of amides is 1. The van der Waals surface area contributed by atoms with Crippen LogP contribution in [0.2, 0.25) is 0 Å². The molecule has 2 N–H and O–H groups in total. The van der Waals surface area contributed by atoms with Crippen molar-refractivity contribution in [1.29, 1.82) is 0 Å². The number of para-hydroxylation sites is 1. The van der Waals surface area contributed by atoms with Gasteiger partial charge in [0.15, 0.2) is 5.82 Å². The molecule has 0 saturated carbocycles. The first-order chi connectivity index (χ1) is 13.6. The maximum absolute atomic E-state index is 12.2. The topological polar surface area (TPSA) is 68.9 Å². The van der Waals surface area contributed by atoms with E-state index in [-0.39, 0.29) is 0 Å². The second-order valence-electron chi connectivity index (χ2n) is 6.19. The van der Waals surface area contributed by atoms with Crippen LogP contribution in [0.5, 0.6) is 0 Å². The highest BCUT2D eigenvalue weighted by Crippen LogP contribution is 2.38. The van der Waals surface area contributed by atoms with Gasteiger partial charge in [-0.1, -0.05) is 88.4 Å². The van der Waals surface area contributed by atoms with E-state index in [0.29, 0.717) is 5.82 Å². The predicted molar refractivity (Wildman–Crippen MR) is 117 cm³/mol. The number of fused-ring (bicyclic) bond motifs is 1. The zero-order valence-electron chi connectivity index (χ0n) is 14.7. The molecular weight excluding hydrogens is 434 g/mol. The largest absolute Gasteiger partial charge is 0.368 e. The molecule has 1 aromatic heterocycles. The first-order valence-electron chi connectivity index (χ1n) is 8.65. The van der Waals surface area contributed by atoms with E-state index in [1.165, 1.54) is 11.8 Å². The second kappa shape index (κ2) is 8.12. The number of aromatic nitrogens is 2. The summed E-state index contributed by atoms with van der Waals surface area (Å²) in [6, 6.07) is 25.2. The summed E-state index contributed by atoms with van der Waals surface area (Å²) >= 11 is 4.81. The van der Waals surface area contributed by atoms with E-state index in [1.807, 2.05) is 78.9 Å². The van der Waals surface area contributed by atoms with E-state index in [0.717, 1.165) is 31.5 Å². The number of hydrogen-bond acceptors (Lipinski definition) is 4. The Labute approximate surface area is 175 Å². The summed E-state index contributed by atoms with van der Waals surface area (Å²) < 4.78 is 0.990. The van der Waals surface area contributed by atoms with Crippen molar-refractivity contribution < 1.29 is 4.79 Å². The van der Waals surface area contributed by atoms with Crippen molar-refractivity contribution in [2.24, 2.45) is 5.73 Å². The minimum atomic E-state index is -0.530. The Morgan fingerprint density at radius 2 is 1.57 bits per heavy atom. The fraction of sp³-hybridized carbons (Fsp3) is 0.0455. The van der Waals surface area contributed by atoms with Crippen molar-refractivity contribution in [1.82, 2.24) is 9.97 Å². The van der Waals surface area contributed by atoms with E-state index >= 15 is 0 Å². The van der Waals surface area contributed by atoms with Crippen molar-refractivity contribution in [3.8, 4) is 11.4 Å². The molecule has 0 radical (unpaired) electrons. The molecule has 0 spiro atoms. The Balaban J connectivity index is 1.83. The average Bonchev–Trinajstić information content (AvgIpc) is 2.72. The van der Waals surface area contributed by atoms with Crippen LogP contribution >= 0.6 is 27.7 Å². The quantitative estimate of drug-likeness (QED) is 0.328. The van der Waals surface area contributed by atoms with Gasteiger partial charge < -0.3 is 5.73 Å². The van der Waals surface area contributed by atoms with Crippen molar-refractivity contribution in [3.05, 3.63) is 88.9 Å². The van der Waals surface area contributed by atoms with Gasteiger partial charge in [-0.3, -0.25) is 4.79 Å². The monoisotopic (exact) mass is 449 g/mol. The second-order valence-corrected chi connectivity index (χ2v) is 8.20. The maximum atomic E-state index is 12.2. The number of rotatable bonds is 5. The van der Waals surface area contributed by atoms with Crippen molar-refractivity contribution >= 4 is 44.5 Å². The molecule has 1 unspecified atom stereocenters. The van der Waals surface area contributed by atoms with Crippen molar-refractivity contribution in [3.63, 3.8) is 0 Å². The first-order valence-corrected chi connectivity index (χ1v) is 10.3. The van der Waals surface area contributed by atoms with Crippen LogP contribution in [-0.4, -0.2) is 15.9 Å². The third-order valence-electron chi connectivity index (χ3n) is 4.26. The lowest BCUT2D eigenvalue weighted by Crippen LogP contribution is -2.19. The van der Waals surface area contributed by atoms with Crippen LogP contribution < -0.4 is 5.73 Å². The summed E-state index contributed by atoms with van der Waals surface area (Å²) in [5.41, 5.74) is 8.31. The van der Waals surface area contributed by atoms with E-state index in [1.54, 1.807) is 0 Å². The molecule has 138 valence electrons. The van der Waals surface area contributed by atoms with E-state index in [2.05, 4.69) is 15.9 Å². The number of nitrogens with two attached hydrogens (primary N) is 1. The number of thioether (sulfide) groups is 1. The molecule has 3 aromatic carbocycles. The van der Waals surface area contributed by atoms with E-state index in [4.69, 9.17) is 15.7 Å². The van der Waals surface area contributed by atoms with E-state index in [9.17, 15) is 4.79 Å². The normalized spacial score (nSPS) is 12.0. The lowest BCUT2D eigenvalue weighted by molar-refractivity contribution is -0.117. The summed E-state index contributed by atoms with van der Waals surface area (Å²) in [4.78, 5) is 21.7. The lowest BCUT2D eigenvalue weighted by Gasteiger charge is -2.15. The first kappa shape index (κ1) is 18.7. The van der Waals surface area contributed by atoms with Crippen LogP contribution in [0.4, 0.5) is 0 Å². The Hall–Kier alpha value is -2.70. The van der Waals surface area contributed by atoms with Crippen LogP contribution in [0.1, 0.15) is 10.8 Å². The van der Waals surface area contributed by atoms with E-state index < -0.39 is 11.2 Å². The summed E-state index contributed by atoms with van der Waals surface area (Å²) in [5, 5.41) is 1.10. The highest BCUT2D eigenvalue weighted by Gasteiger charge is 2.22. The Kier molecular flexibility index (Phi) is 5.41. The van der Waals surface area contributed by atoms with Crippen LogP contribution in [0.15, 0.2) is 88.4 Å². The molecule has 6 heteroatoms. The number of nitrogens with zero attached hydrogens (tertiary/aromatic N) is 2.